The Kier molecular flexibility index (Phi) is 2.78. The zero-order valence-electron chi connectivity index (χ0n) is 6.57. The van der Waals surface area contributed by atoms with E-state index in [1.807, 2.05) is 6.92 Å². The minimum atomic E-state index is 0.156. The summed E-state index contributed by atoms with van der Waals surface area (Å²) in [5.74, 6) is 0.766. The first-order valence-corrected chi connectivity index (χ1v) is 4.10. The molecule has 1 atom stereocenters. The summed E-state index contributed by atoms with van der Waals surface area (Å²) in [6.07, 6.45) is 0.883. The molecule has 0 saturated heterocycles. The van der Waals surface area contributed by atoms with E-state index < -0.39 is 0 Å². The van der Waals surface area contributed by atoms with E-state index in [0.29, 0.717) is 5.13 Å². The van der Waals surface area contributed by atoms with Crippen LogP contribution in [-0.2, 0) is 11.2 Å². The summed E-state index contributed by atoms with van der Waals surface area (Å²) in [6, 6.07) is 0. The molecule has 1 aromatic heterocycles. The Bertz CT molecular complexity index is 225. The van der Waals surface area contributed by atoms with Gasteiger partial charge in [-0.05, 0) is 6.92 Å². The van der Waals surface area contributed by atoms with Gasteiger partial charge in [0, 0.05) is 25.1 Å². The van der Waals surface area contributed by atoms with Crippen LogP contribution in [0.3, 0.4) is 0 Å². The Morgan fingerprint density at radius 3 is 2.91 bits per heavy atom. The third-order valence-corrected chi connectivity index (χ3v) is 1.94. The van der Waals surface area contributed by atoms with Crippen molar-refractivity contribution >= 4 is 16.7 Å². The van der Waals surface area contributed by atoms with Gasteiger partial charge < -0.3 is 10.5 Å². The van der Waals surface area contributed by atoms with E-state index in [1.54, 1.807) is 7.11 Å². The van der Waals surface area contributed by atoms with Crippen molar-refractivity contribution in [3.8, 4) is 0 Å². The normalized spacial score (nSPS) is 13.3. The van der Waals surface area contributed by atoms with Crippen molar-refractivity contribution in [1.29, 1.82) is 0 Å². The van der Waals surface area contributed by atoms with Crippen LogP contribution < -0.4 is 5.73 Å². The highest BCUT2D eigenvalue weighted by Gasteiger charge is 2.05. The molecule has 2 N–H and O–H groups in total. The number of hydrogen-bond donors (Lipinski definition) is 1. The van der Waals surface area contributed by atoms with Gasteiger partial charge in [0.2, 0.25) is 0 Å². The summed E-state index contributed by atoms with van der Waals surface area (Å²) in [6.45, 7) is 1.97. The van der Waals surface area contributed by atoms with Crippen LogP contribution in [0.1, 0.15) is 12.7 Å². The molecule has 0 aliphatic carbocycles. The maximum absolute atomic E-state index is 5.40. The summed E-state index contributed by atoms with van der Waals surface area (Å²) < 4.78 is 9.08. The second-order valence-corrected chi connectivity index (χ2v) is 3.08. The molecule has 0 amide bonds. The third-order valence-electron chi connectivity index (χ3n) is 1.36. The molecular formula is C6H11N3OS. The van der Waals surface area contributed by atoms with Crippen LogP contribution in [0.4, 0.5) is 5.13 Å². The molecule has 0 aromatic carbocycles. The molecule has 1 heterocycles. The largest absolute Gasteiger partial charge is 0.381 e. The Morgan fingerprint density at radius 1 is 1.73 bits per heavy atom. The number of methoxy groups -OCH3 is 1. The Labute approximate surface area is 69.6 Å². The van der Waals surface area contributed by atoms with Crippen LogP contribution in [-0.4, -0.2) is 22.6 Å². The van der Waals surface area contributed by atoms with Crippen molar-refractivity contribution in [1.82, 2.24) is 9.36 Å². The van der Waals surface area contributed by atoms with E-state index >= 15 is 0 Å². The van der Waals surface area contributed by atoms with Gasteiger partial charge in [0.05, 0.1) is 6.10 Å². The molecule has 62 valence electrons. The fraction of sp³-hybridized carbons (Fsp3) is 0.667. The van der Waals surface area contributed by atoms with Crippen LogP contribution in [0.15, 0.2) is 0 Å². The van der Waals surface area contributed by atoms with Crippen LogP contribution in [0.5, 0.6) is 0 Å². The molecule has 0 saturated carbocycles. The van der Waals surface area contributed by atoms with Crippen LogP contribution in [0.2, 0.25) is 0 Å². The van der Waals surface area contributed by atoms with E-state index in [4.69, 9.17) is 10.5 Å². The monoisotopic (exact) mass is 173 g/mol. The predicted molar refractivity (Wildman–Crippen MR) is 44.5 cm³/mol. The fourth-order valence-electron chi connectivity index (χ4n) is 0.691. The fourth-order valence-corrected chi connectivity index (χ4v) is 1.15. The Balaban J connectivity index is 2.50. The minimum Gasteiger partial charge on any atom is -0.381 e. The van der Waals surface area contributed by atoms with Crippen molar-refractivity contribution in [2.75, 3.05) is 12.8 Å². The smallest absolute Gasteiger partial charge is 0.199 e. The summed E-state index contributed by atoms with van der Waals surface area (Å²) in [4.78, 5) is 4.00. The molecule has 1 aromatic rings. The van der Waals surface area contributed by atoms with Crippen molar-refractivity contribution < 1.29 is 4.74 Å². The van der Waals surface area contributed by atoms with E-state index in [1.165, 1.54) is 11.5 Å². The van der Waals surface area contributed by atoms with Crippen LogP contribution in [0.25, 0.3) is 0 Å². The summed E-state index contributed by atoms with van der Waals surface area (Å²) in [5.41, 5.74) is 5.40. The molecule has 11 heavy (non-hydrogen) atoms. The highest BCUT2D eigenvalue weighted by atomic mass is 32.1. The standard InChI is InChI=1S/C6H11N3OS/c1-4(10-2)3-5-8-6(7)11-9-5/h4H,3H2,1-2H3,(H2,7,8,9). The van der Waals surface area contributed by atoms with Gasteiger partial charge in [-0.15, -0.1) is 0 Å². The lowest BCUT2D eigenvalue weighted by Gasteiger charge is -2.04. The zero-order chi connectivity index (χ0) is 8.27. The molecule has 0 radical (unpaired) electrons. The molecular weight excluding hydrogens is 162 g/mol. The molecule has 0 fully saturated rings. The number of nitrogens with two attached hydrogens (primary N) is 1. The van der Waals surface area contributed by atoms with Gasteiger partial charge in [-0.1, -0.05) is 0 Å². The first-order valence-electron chi connectivity index (χ1n) is 3.33. The topological polar surface area (TPSA) is 61.0 Å². The second kappa shape index (κ2) is 3.64. The first-order chi connectivity index (χ1) is 5.22. The maximum Gasteiger partial charge on any atom is 0.199 e. The number of anilines is 1. The third kappa shape index (κ3) is 2.44. The highest BCUT2D eigenvalue weighted by Crippen LogP contribution is 2.07. The second-order valence-electron chi connectivity index (χ2n) is 2.30. The highest BCUT2D eigenvalue weighted by molar-refractivity contribution is 7.09. The molecule has 0 aliphatic rings. The number of aromatic nitrogens is 2. The van der Waals surface area contributed by atoms with Gasteiger partial charge in [0.1, 0.15) is 5.82 Å². The van der Waals surface area contributed by atoms with E-state index in [0.717, 1.165) is 12.2 Å². The lowest BCUT2D eigenvalue weighted by atomic mass is 10.3. The number of nitrogen functional groups attached to an aromatic ring is 1. The average Bonchev–Trinajstić information content (AvgIpc) is 2.35. The van der Waals surface area contributed by atoms with E-state index in [9.17, 15) is 0 Å². The van der Waals surface area contributed by atoms with Crippen molar-refractivity contribution in [3.63, 3.8) is 0 Å². The lowest BCUT2D eigenvalue weighted by molar-refractivity contribution is 0.117. The Morgan fingerprint density at radius 2 is 2.45 bits per heavy atom. The molecule has 4 nitrogen and oxygen atoms in total. The molecule has 0 bridgehead atoms. The number of hydrogen-bond acceptors (Lipinski definition) is 5. The molecule has 1 rings (SSSR count). The first kappa shape index (κ1) is 8.42. The van der Waals surface area contributed by atoms with Gasteiger partial charge in [-0.3, -0.25) is 0 Å². The van der Waals surface area contributed by atoms with Gasteiger partial charge in [-0.25, -0.2) is 4.98 Å². The van der Waals surface area contributed by atoms with Gasteiger partial charge in [0.25, 0.3) is 0 Å². The quantitative estimate of drug-likeness (QED) is 0.730. The SMILES string of the molecule is COC(C)Cc1nsc(N)n1. The Hall–Kier alpha value is -0.680. The minimum absolute atomic E-state index is 0.156. The molecule has 0 aliphatic heterocycles. The number of nitrogens with zero attached hydrogens (tertiary/aromatic N) is 2. The van der Waals surface area contributed by atoms with Crippen molar-refractivity contribution in [2.45, 2.75) is 19.4 Å². The van der Waals surface area contributed by atoms with Crippen LogP contribution in [0, 0.1) is 0 Å². The lowest BCUT2D eigenvalue weighted by Crippen LogP contribution is -2.09. The molecule has 0 spiro atoms. The summed E-state index contributed by atoms with van der Waals surface area (Å²) in [5, 5.41) is 0.517. The zero-order valence-corrected chi connectivity index (χ0v) is 7.39. The summed E-state index contributed by atoms with van der Waals surface area (Å²) in [7, 11) is 1.67. The number of ether oxygens (including phenoxy) is 1. The average molecular weight is 173 g/mol. The van der Waals surface area contributed by atoms with E-state index in [-0.39, 0.29) is 6.10 Å². The molecule has 1 unspecified atom stereocenters. The van der Waals surface area contributed by atoms with E-state index in [2.05, 4.69) is 9.36 Å². The maximum atomic E-state index is 5.40. The van der Waals surface area contributed by atoms with Gasteiger partial charge in [0.15, 0.2) is 5.13 Å². The summed E-state index contributed by atoms with van der Waals surface area (Å²) >= 11 is 1.22. The predicted octanol–water partition coefficient (Wildman–Crippen LogP) is 0.698. The van der Waals surface area contributed by atoms with Gasteiger partial charge >= 0.3 is 0 Å². The van der Waals surface area contributed by atoms with Crippen LogP contribution >= 0.6 is 11.5 Å². The van der Waals surface area contributed by atoms with Crippen molar-refractivity contribution in [3.05, 3.63) is 5.82 Å². The molecule has 5 heteroatoms. The van der Waals surface area contributed by atoms with Crippen molar-refractivity contribution in [2.24, 2.45) is 0 Å². The van der Waals surface area contributed by atoms with Gasteiger partial charge in [-0.2, -0.15) is 4.37 Å². The number of rotatable bonds is 3.